The maximum absolute atomic E-state index is 6.23. The third-order valence-corrected chi connectivity index (χ3v) is 4.22. The lowest BCUT2D eigenvalue weighted by Crippen LogP contribution is -2.38. The van der Waals surface area contributed by atoms with E-state index in [9.17, 15) is 0 Å². The average Bonchev–Trinajstić information content (AvgIpc) is 2.56. The van der Waals surface area contributed by atoms with Gasteiger partial charge < -0.3 is 4.57 Å². The molecule has 1 aliphatic heterocycles. The van der Waals surface area contributed by atoms with E-state index in [-0.39, 0.29) is 11.0 Å². The van der Waals surface area contributed by atoms with Gasteiger partial charge in [0.2, 0.25) is 0 Å². The maximum Gasteiger partial charge on any atom is 0.0524 e. The van der Waals surface area contributed by atoms with Crippen molar-refractivity contribution in [2.24, 2.45) is 0 Å². The van der Waals surface area contributed by atoms with Crippen molar-refractivity contribution in [3.05, 3.63) is 35.0 Å². The van der Waals surface area contributed by atoms with Crippen LogP contribution < -0.4 is 0 Å². The second-order valence-corrected chi connectivity index (χ2v) is 6.89. The summed E-state index contributed by atoms with van der Waals surface area (Å²) in [6, 6.07) is 6.37. The summed E-state index contributed by atoms with van der Waals surface area (Å²) in [5.41, 5.74) is 3.09. The van der Waals surface area contributed by atoms with Gasteiger partial charge in [0, 0.05) is 22.1 Å². The summed E-state index contributed by atoms with van der Waals surface area (Å²) in [7, 11) is 0. The Kier molecular flexibility index (Phi) is 2.02. The molecule has 0 N–H and O–H groups in total. The van der Waals surface area contributed by atoms with Gasteiger partial charge in [-0.05, 0) is 49.4 Å². The normalized spacial score (nSPS) is 20.8. The van der Waals surface area contributed by atoms with Crippen LogP contribution in [0.1, 0.15) is 39.7 Å². The van der Waals surface area contributed by atoms with E-state index in [1.54, 1.807) is 0 Å². The largest absolute Gasteiger partial charge is 0.342 e. The van der Waals surface area contributed by atoms with Crippen molar-refractivity contribution in [1.82, 2.24) is 4.57 Å². The molecule has 2 heteroatoms. The molecule has 0 saturated heterocycles. The minimum atomic E-state index is 0.173. The van der Waals surface area contributed by atoms with Gasteiger partial charge in [-0.25, -0.2) is 0 Å². The Morgan fingerprint density at radius 2 is 1.88 bits per heavy atom. The smallest absolute Gasteiger partial charge is 0.0524 e. The number of aromatic nitrogens is 1. The van der Waals surface area contributed by atoms with Crippen LogP contribution in [0.3, 0.4) is 0 Å². The van der Waals surface area contributed by atoms with E-state index in [0.29, 0.717) is 0 Å². The third kappa shape index (κ3) is 1.45. The SMILES string of the molecule is CC1(C)CC(C)(C)n2ccc3cc(Cl)cc1c32. The van der Waals surface area contributed by atoms with E-state index < -0.39 is 0 Å². The van der Waals surface area contributed by atoms with Crippen LogP contribution in [0.15, 0.2) is 24.4 Å². The first kappa shape index (κ1) is 11.2. The first-order valence-electron chi connectivity index (χ1n) is 6.13. The quantitative estimate of drug-likeness (QED) is 0.635. The van der Waals surface area contributed by atoms with Crippen molar-refractivity contribution in [2.45, 2.75) is 45.1 Å². The average molecular weight is 248 g/mol. The summed E-state index contributed by atoms with van der Waals surface area (Å²) in [6.07, 6.45) is 3.33. The van der Waals surface area contributed by atoms with Crippen molar-refractivity contribution in [3.63, 3.8) is 0 Å². The van der Waals surface area contributed by atoms with E-state index in [1.165, 1.54) is 16.5 Å². The first-order valence-corrected chi connectivity index (χ1v) is 6.51. The molecule has 1 aromatic heterocycles. The molecule has 0 aliphatic carbocycles. The van der Waals surface area contributed by atoms with Crippen LogP contribution in [0.5, 0.6) is 0 Å². The van der Waals surface area contributed by atoms with E-state index in [0.717, 1.165) is 11.4 Å². The van der Waals surface area contributed by atoms with Crippen LogP contribution >= 0.6 is 11.6 Å². The number of benzene rings is 1. The van der Waals surface area contributed by atoms with Crippen molar-refractivity contribution >= 4 is 22.5 Å². The van der Waals surface area contributed by atoms with E-state index in [4.69, 9.17) is 11.6 Å². The Morgan fingerprint density at radius 3 is 2.59 bits per heavy atom. The van der Waals surface area contributed by atoms with Gasteiger partial charge in [-0.2, -0.15) is 0 Å². The van der Waals surface area contributed by atoms with Crippen LogP contribution in [-0.2, 0) is 11.0 Å². The van der Waals surface area contributed by atoms with Crippen LogP contribution in [-0.4, -0.2) is 4.57 Å². The Bertz CT molecular complexity index is 605. The topological polar surface area (TPSA) is 4.93 Å². The minimum Gasteiger partial charge on any atom is -0.342 e. The molecule has 0 bridgehead atoms. The highest BCUT2D eigenvalue weighted by atomic mass is 35.5. The molecule has 1 aliphatic rings. The highest BCUT2D eigenvalue weighted by molar-refractivity contribution is 6.31. The fourth-order valence-corrected chi connectivity index (χ4v) is 3.75. The zero-order chi connectivity index (χ0) is 12.4. The molecule has 0 amide bonds. The molecule has 1 aromatic carbocycles. The predicted octanol–water partition coefficient (Wildman–Crippen LogP) is 4.71. The maximum atomic E-state index is 6.23. The third-order valence-electron chi connectivity index (χ3n) is 4.00. The molecule has 17 heavy (non-hydrogen) atoms. The van der Waals surface area contributed by atoms with Gasteiger partial charge in [-0.1, -0.05) is 25.4 Å². The molecule has 0 spiro atoms. The number of hydrogen-bond donors (Lipinski definition) is 0. The van der Waals surface area contributed by atoms with Gasteiger partial charge in [0.05, 0.1) is 5.52 Å². The molecule has 3 rings (SSSR count). The lowest BCUT2D eigenvalue weighted by atomic mass is 9.72. The molecular weight excluding hydrogens is 230 g/mol. The summed E-state index contributed by atoms with van der Waals surface area (Å²) in [5.74, 6) is 0. The number of hydrogen-bond acceptors (Lipinski definition) is 0. The first-order chi connectivity index (χ1) is 7.81. The molecule has 0 atom stereocenters. The van der Waals surface area contributed by atoms with Crippen LogP contribution in [0.2, 0.25) is 5.02 Å². The summed E-state index contributed by atoms with van der Waals surface area (Å²) in [6.45, 7) is 9.25. The Labute approximate surface area is 107 Å². The number of halogens is 1. The van der Waals surface area contributed by atoms with Crippen molar-refractivity contribution in [2.75, 3.05) is 0 Å². The Morgan fingerprint density at radius 1 is 1.18 bits per heavy atom. The van der Waals surface area contributed by atoms with Gasteiger partial charge in [0.15, 0.2) is 0 Å². The molecule has 0 saturated carbocycles. The predicted molar refractivity (Wildman–Crippen MR) is 73.9 cm³/mol. The fraction of sp³-hybridized carbons (Fsp3) is 0.467. The molecule has 2 aromatic rings. The van der Waals surface area contributed by atoms with E-state index in [2.05, 4.69) is 56.7 Å². The number of rotatable bonds is 0. The van der Waals surface area contributed by atoms with Gasteiger partial charge in [0.25, 0.3) is 0 Å². The fourth-order valence-electron chi connectivity index (χ4n) is 3.53. The highest BCUT2D eigenvalue weighted by Crippen LogP contribution is 2.46. The Balaban J connectivity index is 2.48. The standard InChI is InChI=1S/C15H18ClN/c1-14(2)9-15(3,4)17-6-5-10-7-11(16)8-12(14)13(10)17/h5-8H,9H2,1-4H3. The molecule has 0 radical (unpaired) electrons. The minimum absolute atomic E-state index is 0.173. The summed E-state index contributed by atoms with van der Waals surface area (Å²) >= 11 is 6.23. The molecule has 90 valence electrons. The monoisotopic (exact) mass is 247 g/mol. The molecule has 2 heterocycles. The van der Waals surface area contributed by atoms with Crippen LogP contribution in [0.25, 0.3) is 10.9 Å². The summed E-state index contributed by atoms with van der Waals surface area (Å²) in [4.78, 5) is 0. The molecular formula is C15H18ClN. The highest BCUT2D eigenvalue weighted by Gasteiger charge is 2.38. The number of nitrogens with zero attached hydrogens (tertiary/aromatic N) is 1. The van der Waals surface area contributed by atoms with Crippen LogP contribution in [0.4, 0.5) is 0 Å². The lowest BCUT2D eigenvalue weighted by molar-refractivity contribution is 0.247. The molecule has 1 nitrogen and oxygen atoms in total. The van der Waals surface area contributed by atoms with Crippen molar-refractivity contribution < 1.29 is 0 Å². The van der Waals surface area contributed by atoms with Crippen LogP contribution in [0, 0.1) is 0 Å². The van der Waals surface area contributed by atoms with Crippen molar-refractivity contribution in [1.29, 1.82) is 0 Å². The van der Waals surface area contributed by atoms with Gasteiger partial charge >= 0.3 is 0 Å². The van der Waals surface area contributed by atoms with Gasteiger partial charge in [-0.3, -0.25) is 0 Å². The Hall–Kier alpha value is -0.950. The molecule has 0 fully saturated rings. The molecule has 0 unspecified atom stereocenters. The summed E-state index contributed by atoms with van der Waals surface area (Å²) < 4.78 is 2.40. The second kappa shape index (κ2) is 3.08. The van der Waals surface area contributed by atoms with E-state index >= 15 is 0 Å². The lowest BCUT2D eigenvalue weighted by Gasteiger charge is -2.42. The zero-order valence-electron chi connectivity index (χ0n) is 10.8. The zero-order valence-corrected chi connectivity index (χ0v) is 11.6. The second-order valence-electron chi connectivity index (χ2n) is 6.45. The van der Waals surface area contributed by atoms with Gasteiger partial charge in [-0.15, -0.1) is 0 Å². The van der Waals surface area contributed by atoms with E-state index in [1.807, 2.05) is 0 Å². The van der Waals surface area contributed by atoms with Crippen molar-refractivity contribution in [3.8, 4) is 0 Å². The van der Waals surface area contributed by atoms with Gasteiger partial charge in [0.1, 0.15) is 0 Å². The summed E-state index contributed by atoms with van der Waals surface area (Å²) in [5, 5.41) is 2.10.